The van der Waals surface area contributed by atoms with Gasteiger partial charge in [0.2, 0.25) is 0 Å². The molecule has 0 unspecified atom stereocenters. The zero-order chi connectivity index (χ0) is 23.3. The summed E-state index contributed by atoms with van der Waals surface area (Å²) in [6.45, 7) is 0.328. The summed E-state index contributed by atoms with van der Waals surface area (Å²) in [6.07, 6.45) is 2.01. The van der Waals surface area contributed by atoms with Crippen LogP contribution in [0.5, 0.6) is 11.5 Å². The van der Waals surface area contributed by atoms with Gasteiger partial charge in [0.15, 0.2) is 5.03 Å². The van der Waals surface area contributed by atoms with Crippen molar-refractivity contribution < 1.29 is 22.7 Å². The molecule has 4 N–H and O–H groups in total. The van der Waals surface area contributed by atoms with Crippen molar-refractivity contribution in [3.63, 3.8) is 0 Å². The number of hydrogen-bond donors (Lipinski definition) is 3. The molecule has 0 aliphatic carbocycles. The van der Waals surface area contributed by atoms with Crippen molar-refractivity contribution in [3.05, 3.63) is 71.7 Å². The van der Waals surface area contributed by atoms with Crippen molar-refractivity contribution in [1.29, 1.82) is 0 Å². The number of sulfonamides is 1. The second kappa shape index (κ2) is 9.62. The maximum atomic E-state index is 12.4. The van der Waals surface area contributed by atoms with Gasteiger partial charge in [-0.15, -0.1) is 0 Å². The Bertz CT molecular complexity index is 1250. The van der Waals surface area contributed by atoms with Crippen LogP contribution in [0.2, 0.25) is 0 Å². The quantitative estimate of drug-likeness (QED) is 0.463. The second-order valence-corrected chi connectivity index (χ2v) is 8.38. The first-order valence-corrected chi connectivity index (χ1v) is 11.2. The van der Waals surface area contributed by atoms with Crippen LogP contribution in [0.3, 0.4) is 0 Å². The molecular formula is C21H23N5O5S. The third kappa shape index (κ3) is 5.50. The molecule has 0 aliphatic heterocycles. The molecule has 32 heavy (non-hydrogen) atoms. The molecule has 0 saturated carbocycles. The fraction of sp³-hybridized carbons (Fsp3) is 0.190. The predicted molar refractivity (Wildman–Crippen MR) is 117 cm³/mol. The van der Waals surface area contributed by atoms with E-state index in [4.69, 9.17) is 9.88 Å². The Hall–Kier alpha value is -3.70. The lowest BCUT2D eigenvalue weighted by molar-refractivity contribution is 0.0941. The predicted octanol–water partition coefficient (Wildman–Crippen LogP) is 1.19. The zero-order valence-corrected chi connectivity index (χ0v) is 18.3. The molecule has 3 rings (SSSR count). The number of nitrogens with one attached hydrogen (secondary N) is 2. The summed E-state index contributed by atoms with van der Waals surface area (Å²) in [6, 6.07) is 13.2. The summed E-state index contributed by atoms with van der Waals surface area (Å²) in [5.41, 5.74) is 1.35. The van der Waals surface area contributed by atoms with Gasteiger partial charge in [0.1, 0.15) is 22.9 Å². The largest absolute Gasteiger partial charge is 0.457 e. The Morgan fingerprint density at radius 2 is 1.84 bits per heavy atom. The van der Waals surface area contributed by atoms with Gasteiger partial charge in [0, 0.05) is 32.9 Å². The summed E-state index contributed by atoms with van der Waals surface area (Å²) in [5, 5.41) is 10.3. The molecule has 2 amide bonds. The van der Waals surface area contributed by atoms with Gasteiger partial charge >= 0.3 is 0 Å². The van der Waals surface area contributed by atoms with Crippen molar-refractivity contribution in [2.24, 2.45) is 12.2 Å². The van der Waals surface area contributed by atoms with Gasteiger partial charge < -0.3 is 19.9 Å². The third-order valence-corrected chi connectivity index (χ3v) is 5.62. The normalized spacial score (nSPS) is 11.1. The van der Waals surface area contributed by atoms with Gasteiger partial charge in [-0.25, -0.2) is 13.6 Å². The van der Waals surface area contributed by atoms with E-state index in [1.54, 1.807) is 18.2 Å². The van der Waals surface area contributed by atoms with Gasteiger partial charge in [-0.2, -0.15) is 0 Å². The van der Waals surface area contributed by atoms with Gasteiger partial charge in [0.25, 0.3) is 21.8 Å². The molecule has 10 nitrogen and oxygen atoms in total. The number of carbonyl (C=O) groups excluding carboxylic acids is 2. The minimum Gasteiger partial charge on any atom is -0.457 e. The Balaban J connectivity index is 1.61. The highest BCUT2D eigenvalue weighted by Crippen LogP contribution is 2.22. The summed E-state index contributed by atoms with van der Waals surface area (Å²) >= 11 is 0. The Morgan fingerprint density at radius 1 is 1.09 bits per heavy atom. The van der Waals surface area contributed by atoms with Crippen molar-refractivity contribution in [2.45, 2.75) is 11.4 Å². The van der Waals surface area contributed by atoms with Crippen LogP contribution in [-0.2, 0) is 23.5 Å². The van der Waals surface area contributed by atoms with Crippen LogP contribution in [0, 0.1) is 0 Å². The van der Waals surface area contributed by atoms with Crippen LogP contribution in [0.25, 0.3) is 0 Å². The average Bonchev–Trinajstić information content (AvgIpc) is 3.15. The van der Waals surface area contributed by atoms with Crippen LogP contribution in [0.4, 0.5) is 0 Å². The van der Waals surface area contributed by atoms with Gasteiger partial charge in [-0.3, -0.25) is 14.6 Å². The SMILES string of the molecule is CNC(=O)c1cc(Oc2cccc(CCNC(=O)c3ccc(S(N)(=O)=O)n3C)c2)ccn1. The average molecular weight is 458 g/mol. The maximum Gasteiger partial charge on any atom is 0.269 e. The lowest BCUT2D eigenvalue weighted by Gasteiger charge is -2.10. The van der Waals surface area contributed by atoms with Gasteiger partial charge in [-0.05, 0) is 42.3 Å². The van der Waals surface area contributed by atoms with Gasteiger partial charge in [-0.1, -0.05) is 12.1 Å². The van der Waals surface area contributed by atoms with E-state index in [1.807, 2.05) is 18.2 Å². The number of nitrogens with two attached hydrogens (primary N) is 1. The lowest BCUT2D eigenvalue weighted by atomic mass is 10.1. The van der Waals surface area contributed by atoms with E-state index < -0.39 is 15.9 Å². The molecule has 0 atom stereocenters. The molecule has 3 aromatic rings. The van der Waals surface area contributed by atoms with Crippen LogP contribution in [0.1, 0.15) is 26.5 Å². The number of nitrogens with zero attached hydrogens (tertiary/aromatic N) is 2. The Morgan fingerprint density at radius 3 is 2.53 bits per heavy atom. The molecule has 0 saturated heterocycles. The van der Waals surface area contributed by atoms with Crippen LogP contribution >= 0.6 is 0 Å². The maximum absolute atomic E-state index is 12.4. The smallest absolute Gasteiger partial charge is 0.269 e. The summed E-state index contributed by atoms with van der Waals surface area (Å²) in [4.78, 5) is 28.1. The number of carbonyl (C=O) groups is 2. The fourth-order valence-corrected chi connectivity index (χ4v) is 3.78. The highest BCUT2D eigenvalue weighted by molar-refractivity contribution is 7.89. The first kappa shape index (κ1) is 23.0. The molecular weight excluding hydrogens is 434 g/mol. The second-order valence-electron chi connectivity index (χ2n) is 6.87. The molecule has 2 aromatic heterocycles. The monoisotopic (exact) mass is 457 g/mol. The van der Waals surface area contributed by atoms with E-state index in [9.17, 15) is 18.0 Å². The number of rotatable bonds is 8. The molecule has 0 radical (unpaired) electrons. The topological polar surface area (TPSA) is 145 Å². The number of amides is 2. The Labute approximate surface area is 185 Å². The van der Waals surface area contributed by atoms with E-state index in [-0.39, 0.29) is 22.3 Å². The standard InChI is InChI=1S/C21H23N5O5S/c1-23-20(27)17-13-16(9-11-24-17)31-15-5-3-4-14(12-15)8-10-25-21(28)18-6-7-19(26(18)2)32(22,29)30/h3-7,9,11-13H,8,10H2,1-2H3,(H,23,27)(H,25,28)(H2,22,29,30). The van der Waals surface area contributed by atoms with Crippen LogP contribution < -0.4 is 20.5 Å². The van der Waals surface area contributed by atoms with E-state index in [0.29, 0.717) is 24.5 Å². The summed E-state index contributed by atoms with van der Waals surface area (Å²) in [5.74, 6) is 0.323. The van der Waals surface area contributed by atoms with Crippen molar-refractivity contribution in [2.75, 3.05) is 13.6 Å². The number of primary sulfonamides is 1. The number of benzene rings is 1. The number of ether oxygens (including phenoxy) is 1. The highest BCUT2D eigenvalue weighted by Gasteiger charge is 2.18. The third-order valence-electron chi connectivity index (χ3n) is 4.62. The van der Waals surface area contributed by atoms with Crippen molar-refractivity contribution in [1.82, 2.24) is 20.2 Å². The van der Waals surface area contributed by atoms with Crippen molar-refractivity contribution in [3.8, 4) is 11.5 Å². The molecule has 168 valence electrons. The minimum absolute atomic E-state index is 0.136. The van der Waals surface area contributed by atoms with Crippen LogP contribution in [-0.4, -0.2) is 43.4 Å². The van der Waals surface area contributed by atoms with E-state index in [1.165, 1.54) is 37.0 Å². The number of pyridine rings is 1. The van der Waals surface area contributed by atoms with E-state index >= 15 is 0 Å². The molecule has 11 heteroatoms. The minimum atomic E-state index is -3.91. The molecule has 0 fully saturated rings. The first-order valence-electron chi connectivity index (χ1n) is 9.60. The fourth-order valence-electron chi connectivity index (χ4n) is 3.04. The van der Waals surface area contributed by atoms with Gasteiger partial charge in [0.05, 0.1) is 0 Å². The first-order chi connectivity index (χ1) is 15.2. The molecule has 0 bridgehead atoms. The zero-order valence-electron chi connectivity index (χ0n) is 17.5. The lowest BCUT2D eigenvalue weighted by Crippen LogP contribution is -2.28. The molecule has 1 aromatic carbocycles. The van der Waals surface area contributed by atoms with Crippen LogP contribution in [0.15, 0.2) is 59.8 Å². The molecule has 0 spiro atoms. The molecule has 0 aliphatic rings. The van der Waals surface area contributed by atoms with Crippen molar-refractivity contribution >= 4 is 21.8 Å². The highest BCUT2D eigenvalue weighted by atomic mass is 32.2. The summed E-state index contributed by atoms with van der Waals surface area (Å²) < 4.78 is 30.1. The summed E-state index contributed by atoms with van der Waals surface area (Å²) in [7, 11) is -0.920. The van der Waals surface area contributed by atoms with E-state index in [2.05, 4.69) is 15.6 Å². The number of hydrogen-bond acceptors (Lipinski definition) is 6. The Kier molecular flexibility index (Phi) is 6.91. The molecule has 2 heterocycles. The van der Waals surface area contributed by atoms with E-state index in [0.717, 1.165) is 5.56 Å². The number of aromatic nitrogens is 2.